The molecular weight excluding hydrogens is 254 g/mol. The standard InChI is InChI=1S/C12H16BrNO/c1-3-9-5-7-10(8-6-9)14-12(15)11(13)4-2/h5-8,11H,3-4H2,1-2H3,(H,14,15)/t11-/m1/s1. The van der Waals surface area contributed by atoms with Crippen LogP contribution in [0.1, 0.15) is 25.8 Å². The van der Waals surface area contributed by atoms with Crippen molar-refractivity contribution in [3.63, 3.8) is 0 Å². The van der Waals surface area contributed by atoms with Gasteiger partial charge in [0.1, 0.15) is 0 Å². The number of halogens is 1. The predicted molar refractivity (Wildman–Crippen MR) is 67.5 cm³/mol. The summed E-state index contributed by atoms with van der Waals surface area (Å²) < 4.78 is 0. The summed E-state index contributed by atoms with van der Waals surface area (Å²) in [4.78, 5) is 11.4. The SMILES string of the molecule is CCc1ccc(NC(=O)[C@H](Br)CC)cc1. The predicted octanol–water partition coefficient (Wildman–Crippen LogP) is 3.36. The van der Waals surface area contributed by atoms with Gasteiger partial charge in [0.25, 0.3) is 0 Å². The molecule has 0 aromatic heterocycles. The van der Waals surface area contributed by atoms with E-state index in [2.05, 4.69) is 28.2 Å². The Morgan fingerprint density at radius 2 is 1.93 bits per heavy atom. The first-order chi connectivity index (χ1) is 7.17. The zero-order valence-electron chi connectivity index (χ0n) is 9.09. The molecular formula is C12H16BrNO. The van der Waals surface area contributed by atoms with Crippen molar-refractivity contribution in [2.75, 3.05) is 5.32 Å². The van der Waals surface area contributed by atoms with Gasteiger partial charge in [-0.2, -0.15) is 0 Å². The van der Waals surface area contributed by atoms with Crippen molar-refractivity contribution in [3.05, 3.63) is 29.8 Å². The van der Waals surface area contributed by atoms with Crippen molar-refractivity contribution >= 4 is 27.5 Å². The molecule has 1 N–H and O–H groups in total. The Morgan fingerprint density at radius 1 is 1.33 bits per heavy atom. The van der Waals surface area contributed by atoms with Crippen LogP contribution in [-0.2, 0) is 11.2 Å². The second kappa shape index (κ2) is 5.91. The molecule has 0 unspecified atom stereocenters. The van der Waals surface area contributed by atoms with E-state index < -0.39 is 0 Å². The molecule has 0 saturated carbocycles. The molecule has 0 fully saturated rings. The first-order valence-electron chi connectivity index (χ1n) is 5.21. The summed E-state index contributed by atoms with van der Waals surface area (Å²) in [5, 5.41) is 2.86. The highest BCUT2D eigenvalue weighted by Gasteiger charge is 2.11. The summed E-state index contributed by atoms with van der Waals surface area (Å²) in [7, 11) is 0. The van der Waals surface area contributed by atoms with Crippen LogP contribution in [0.15, 0.2) is 24.3 Å². The first kappa shape index (κ1) is 12.2. The Morgan fingerprint density at radius 3 is 2.40 bits per heavy atom. The normalized spacial score (nSPS) is 12.2. The van der Waals surface area contributed by atoms with Crippen LogP contribution in [0.3, 0.4) is 0 Å². The monoisotopic (exact) mass is 269 g/mol. The molecule has 0 aliphatic heterocycles. The molecule has 0 aliphatic rings. The van der Waals surface area contributed by atoms with Crippen LogP contribution in [0.5, 0.6) is 0 Å². The maximum atomic E-state index is 11.5. The minimum atomic E-state index is -0.108. The van der Waals surface area contributed by atoms with E-state index in [-0.39, 0.29) is 10.7 Å². The van der Waals surface area contributed by atoms with Gasteiger partial charge in [0, 0.05) is 5.69 Å². The highest BCUT2D eigenvalue weighted by atomic mass is 79.9. The van der Waals surface area contributed by atoms with Gasteiger partial charge < -0.3 is 5.32 Å². The fourth-order valence-electron chi connectivity index (χ4n) is 1.23. The Labute approximate surface area is 99.2 Å². The van der Waals surface area contributed by atoms with Crippen LogP contribution >= 0.6 is 15.9 Å². The lowest BCUT2D eigenvalue weighted by atomic mass is 10.1. The molecule has 0 bridgehead atoms. The number of hydrogen-bond acceptors (Lipinski definition) is 1. The summed E-state index contributed by atoms with van der Waals surface area (Å²) in [5.74, 6) is 0.0155. The van der Waals surface area contributed by atoms with E-state index in [4.69, 9.17) is 0 Å². The molecule has 1 amide bonds. The molecule has 2 nitrogen and oxygen atoms in total. The van der Waals surface area contributed by atoms with Gasteiger partial charge >= 0.3 is 0 Å². The number of hydrogen-bond donors (Lipinski definition) is 1. The number of benzene rings is 1. The van der Waals surface area contributed by atoms with Gasteiger partial charge in [0.15, 0.2) is 0 Å². The van der Waals surface area contributed by atoms with Gasteiger partial charge in [-0.1, -0.05) is 41.9 Å². The van der Waals surface area contributed by atoms with Crippen molar-refractivity contribution in [2.24, 2.45) is 0 Å². The summed E-state index contributed by atoms with van der Waals surface area (Å²) in [5.41, 5.74) is 2.13. The highest BCUT2D eigenvalue weighted by molar-refractivity contribution is 9.10. The van der Waals surface area contributed by atoms with E-state index in [1.807, 2.05) is 31.2 Å². The third kappa shape index (κ3) is 3.67. The number of amides is 1. The maximum Gasteiger partial charge on any atom is 0.238 e. The van der Waals surface area contributed by atoms with E-state index in [0.29, 0.717) is 0 Å². The van der Waals surface area contributed by atoms with Crippen molar-refractivity contribution < 1.29 is 4.79 Å². The molecule has 1 aromatic carbocycles. The Hall–Kier alpha value is -0.830. The Kier molecular flexibility index (Phi) is 4.82. The van der Waals surface area contributed by atoms with Crippen molar-refractivity contribution in [2.45, 2.75) is 31.5 Å². The van der Waals surface area contributed by atoms with Gasteiger partial charge in [-0.25, -0.2) is 0 Å². The van der Waals surface area contributed by atoms with Crippen LogP contribution in [0.4, 0.5) is 5.69 Å². The summed E-state index contributed by atoms with van der Waals surface area (Å²) in [6, 6.07) is 7.94. The number of carbonyl (C=O) groups is 1. The molecule has 0 spiro atoms. The number of aryl methyl sites for hydroxylation is 1. The third-order valence-corrected chi connectivity index (χ3v) is 3.34. The molecule has 82 valence electrons. The molecule has 3 heteroatoms. The highest BCUT2D eigenvalue weighted by Crippen LogP contribution is 2.13. The Bertz CT molecular complexity index is 321. The largest absolute Gasteiger partial charge is 0.325 e. The molecule has 0 aliphatic carbocycles. The number of alkyl halides is 1. The third-order valence-electron chi connectivity index (χ3n) is 2.27. The summed E-state index contributed by atoms with van der Waals surface area (Å²) in [6.45, 7) is 4.08. The maximum absolute atomic E-state index is 11.5. The molecule has 1 atom stereocenters. The lowest BCUT2D eigenvalue weighted by molar-refractivity contribution is -0.115. The zero-order valence-corrected chi connectivity index (χ0v) is 10.7. The van der Waals surface area contributed by atoms with Crippen LogP contribution < -0.4 is 5.32 Å². The summed E-state index contributed by atoms with van der Waals surface area (Å²) in [6.07, 6.45) is 1.81. The lowest BCUT2D eigenvalue weighted by Gasteiger charge is -2.08. The van der Waals surface area contributed by atoms with E-state index in [9.17, 15) is 4.79 Å². The van der Waals surface area contributed by atoms with E-state index >= 15 is 0 Å². The average Bonchev–Trinajstić information content (AvgIpc) is 2.29. The van der Waals surface area contributed by atoms with Crippen molar-refractivity contribution in [1.29, 1.82) is 0 Å². The number of rotatable bonds is 4. The molecule has 1 aromatic rings. The Balaban J connectivity index is 2.61. The number of nitrogens with one attached hydrogen (secondary N) is 1. The topological polar surface area (TPSA) is 29.1 Å². The van der Waals surface area contributed by atoms with Crippen LogP contribution in [0.2, 0.25) is 0 Å². The van der Waals surface area contributed by atoms with Gasteiger partial charge in [-0.3, -0.25) is 4.79 Å². The second-order valence-electron chi connectivity index (χ2n) is 3.42. The van der Waals surface area contributed by atoms with E-state index in [1.165, 1.54) is 5.56 Å². The van der Waals surface area contributed by atoms with Gasteiger partial charge in [-0.05, 0) is 30.5 Å². The van der Waals surface area contributed by atoms with Crippen LogP contribution in [0.25, 0.3) is 0 Å². The van der Waals surface area contributed by atoms with Gasteiger partial charge in [-0.15, -0.1) is 0 Å². The van der Waals surface area contributed by atoms with Crippen molar-refractivity contribution in [1.82, 2.24) is 0 Å². The van der Waals surface area contributed by atoms with Crippen molar-refractivity contribution in [3.8, 4) is 0 Å². The van der Waals surface area contributed by atoms with Gasteiger partial charge in [0.2, 0.25) is 5.91 Å². The van der Waals surface area contributed by atoms with Gasteiger partial charge in [0.05, 0.1) is 4.83 Å². The van der Waals surface area contributed by atoms with Crippen LogP contribution in [0, 0.1) is 0 Å². The zero-order chi connectivity index (χ0) is 11.3. The minimum absolute atomic E-state index is 0.0155. The lowest BCUT2D eigenvalue weighted by Crippen LogP contribution is -2.21. The van der Waals surface area contributed by atoms with E-state index in [0.717, 1.165) is 18.5 Å². The number of anilines is 1. The number of carbonyl (C=O) groups excluding carboxylic acids is 1. The first-order valence-corrected chi connectivity index (χ1v) is 6.12. The molecule has 1 rings (SSSR count). The molecule has 0 heterocycles. The summed E-state index contributed by atoms with van der Waals surface area (Å²) >= 11 is 3.32. The minimum Gasteiger partial charge on any atom is -0.325 e. The molecule has 15 heavy (non-hydrogen) atoms. The second-order valence-corrected chi connectivity index (χ2v) is 4.52. The fraction of sp³-hybridized carbons (Fsp3) is 0.417. The van der Waals surface area contributed by atoms with Crippen LogP contribution in [-0.4, -0.2) is 10.7 Å². The molecule has 0 radical (unpaired) electrons. The fourth-order valence-corrected chi connectivity index (χ4v) is 1.34. The average molecular weight is 270 g/mol. The quantitative estimate of drug-likeness (QED) is 0.835. The molecule has 0 saturated heterocycles. The smallest absolute Gasteiger partial charge is 0.238 e. The van der Waals surface area contributed by atoms with E-state index in [1.54, 1.807) is 0 Å².